The van der Waals surface area contributed by atoms with Crippen molar-refractivity contribution in [3.63, 3.8) is 0 Å². The van der Waals surface area contributed by atoms with Crippen LogP contribution in [0.5, 0.6) is 11.6 Å². The van der Waals surface area contributed by atoms with Crippen LogP contribution >= 0.6 is 11.6 Å². The summed E-state index contributed by atoms with van der Waals surface area (Å²) in [5, 5.41) is 14.2. The Hall–Kier alpha value is -3.19. The van der Waals surface area contributed by atoms with Crippen molar-refractivity contribution in [2.24, 2.45) is 0 Å². The van der Waals surface area contributed by atoms with E-state index < -0.39 is 6.09 Å². The van der Waals surface area contributed by atoms with Crippen molar-refractivity contribution in [2.45, 2.75) is 6.10 Å². The number of methoxy groups -OCH3 is 1. The van der Waals surface area contributed by atoms with Crippen molar-refractivity contribution >= 4 is 17.7 Å². The summed E-state index contributed by atoms with van der Waals surface area (Å²) in [6, 6.07) is 16.8. The van der Waals surface area contributed by atoms with Crippen molar-refractivity contribution in [1.82, 2.24) is 14.7 Å². The molecule has 0 unspecified atom stereocenters. The molecule has 0 radical (unpaired) electrons. The first-order valence-electron chi connectivity index (χ1n) is 8.69. The van der Waals surface area contributed by atoms with E-state index in [1.165, 1.54) is 4.90 Å². The van der Waals surface area contributed by atoms with Gasteiger partial charge in [-0.15, -0.1) is 5.10 Å². The number of likely N-dealkylation sites (tertiary alicyclic amines) is 1. The first-order chi connectivity index (χ1) is 13.5. The lowest BCUT2D eigenvalue weighted by Crippen LogP contribution is -2.55. The molecule has 0 saturated carbocycles. The number of aromatic nitrogens is 2. The normalized spacial score (nSPS) is 13.9. The number of nitrogens with zero attached hydrogens (tertiary/aromatic N) is 3. The number of rotatable bonds is 5. The highest BCUT2D eigenvalue weighted by molar-refractivity contribution is 6.30. The van der Waals surface area contributed by atoms with E-state index in [4.69, 9.17) is 26.2 Å². The third-order valence-corrected chi connectivity index (χ3v) is 4.80. The number of hydrogen-bond acceptors (Lipinski definition) is 4. The van der Waals surface area contributed by atoms with Crippen LogP contribution in [0.4, 0.5) is 4.79 Å². The summed E-state index contributed by atoms with van der Waals surface area (Å²) in [6.07, 6.45) is -1.16. The Kier molecular flexibility index (Phi) is 4.83. The van der Waals surface area contributed by atoms with E-state index in [2.05, 4.69) is 5.10 Å². The summed E-state index contributed by atoms with van der Waals surface area (Å²) >= 11 is 6.02. The van der Waals surface area contributed by atoms with Gasteiger partial charge in [0.15, 0.2) is 0 Å². The highest BCUT2D eigenvalue weighted by Gasteiger charge is 2.33. The van der Waals surface area contributed by atoms with Crippen LogP contribution in [0.15, 0.2) is 54.6 Å². The molecule has 1 saturated heterocycles. The number of carbonyl (C=O) groups is 1. The highest BCUT2D eigenvalue weighted by atomic mass is 35.5. The molecule has 144 valence electrons. The largest absolute Gasteiger partial charge is 0.494 e. The highest BCUT2D eigenvalue weighted by Crippen LogP contribution is 2.32. The average Bonchev–Trinajstić information content (AvgIpc) is 3.08. The minimum Gasteiger partial charge on any atom is -0.494 e. The van der Waals surface area contributed by atoms with Crippen LogP contribution < -0.4 is 9.47 Å². The van der Waals surface area contributed by atoms with E-state index >= 15 is 0 Å². The first-order valence-corrected chi connectivity index (χ1v) is 9.07. The maximum Gasteiger partial charge on any atom is 0.407 e. The number of para-hydroxylation sites is 2. The summed E-state index contributed by atoms with van der Waals surface area (Å²) in [5.41, 5.74) is 2.49. The predicted octanol–water partition coefficient (Wildman–Crippen LogP) is 3.94. The SMILES string of the molecule is COc1ccccc1-n1nc(OC2CN(C(=O)O)C2)cc1-c1ccc(Cl)cc1. The van der Waals surface area contributed by atoms with Gasteiger partial charge < -0.3 is 19.5 Å². The Labute approximate surface area is 166 Å². The number of hydrogen-bond donors (Lipinski definition) is 1. The van der Waals surface area contributed by atoms with Crippen LogP contribution in [0.1, 0.15) is 0 Å². The molecular weight excluding hydrogens is 382 g/mol. The number of ether oxygens (including phenoxy) is 2. The van der Waals surface area contributed by atoms with E-state index in [1.807, 2.05) is 54.6 Å². The zero-order valence-corrected chi connectivity index (χ0v) is 15.8. The van der Waals surface area contributed by atoms with Gasteiger partial charge in [-0.1, -0.05) is 35.9 Å². The zero-order valence-electron chi connectivity index (χ0n) is 15.1. The fraction of sp³-hybridized carbons (Fsp3) is 0.200. The van der Waals surface area contributed by atoms with Crippen LogP contribution in [0.25, 0.3) is 16.9 Å². The lowest BCUT2D eigenvalue weighted by Gasteiger charge is -2.36. The maximum absolute atomic E-state index is 10.9. The molecule has 1 amide bonds. The van der Waals surface area contributed by atoms with Crippen LogP contribution in [0.2, 0.25) is 5.02 Å². The molecule has 0 atom stereocenters. The van der Waals surface area contributed by atoms with E-state index in [0.29, 0.717) is 29.7 Å². The van der Waals surface area contributed by atoms with Crippen LogP contribution in [0, 0.1) is 0 Å². The van der Waals surface area contributed by atoms with Crippen LogP contribution in [-0.2, 0) is 0 Å². The molecule has 3 aromatic rings. The molecule has 2 heterocycles. The molecule has 1 aliphatic rings. The molecule has 7 nitrogen and oxygen atoms in total. The van der Waals surface area contributed by atoms with E-state index in [9.17, 15) is 4.79 Å². The predicted molar refractivity (Wildman–Crippen MR) is 105 cm³/mol. The van der Waals surface area contributed by atoms with Gasteiger partial charge in [0.2, 0.25) is 5.88 Å². The molecule has 4 rings (SSSR count). The average molecular weight is 400 g/mol. The lowest BCUT2D eigenvalue weighted by atomic mass is 10.1. The Bertz CT molecular complexity index is 997. The number of halogens is 1. The van der Waals surface area contributed by atoms with Crippen molar-refractivity contribution in [3.8, 4) is 28.6 Å². The standard InChI is InChI=1S/C20H18ClN3O4/c1-27-18-5-3-2-4-16(18)24-17(13-6-8-14(21)9-7-13)10-19(22-24)28-15-11-23(12-15)20(25)26/h2-10,15H,11-12H2,1H3,(H,25,26). The fourth-order valence-electron chi connectivity index (χ4n) is 3.07. The third-order valence-electron chi connectivity index (χ3n) is 4.55. The molecule has 1 aromatic heterocycles. The van der Waals surface area contributed by atoms with Gasteiger partial charge in [0.25, 0.3) is 0 Å². The van der Waals surface area contributed by atoms with Crippen molar-refractivity contribution in [2.75, 3.05) is 20.2 Å². The quantitative estimate of drug-likeness (QED) is 0.703. The molecule has 1 fully saturated rings. The van der Waals surface area contributed by atoms with Gasteiger partial charge in [-0.25, -0.2) is 9.48 Å². The number of carboxylic acid groups (broad SMARTS) is 1. The molecule has 28 heavy (non-hydrogen) atoms. The second-order valence-corrected chi connectivity index (χ2v) is 6.82. The fourth-order valence-corrected chi connectivity index (χ4v) is 3.20. The van der Waals surface area contributed by atoms with Crippen LogP contribution in [0.3, 0.4) is 0 Å². The molecule has 1 N–H and O–H groups in total. The minimum atomic E-state index is -0.943. The van der Waals surface area contributed by atoms with Gasteiger partial charge >= 0.3 is 6.09 Å². The van der Waals surface area contributed by atoms with Crippen molar-refractivity contribution in [3.05, 3.63) is 59.6 Å². The zero-order chi connectivity index (χ0) is 19.7. The third kappa shape index (κ3) is 3.48. The summed E-state index contributed by atoms with van der Waals surface area (Å²) in [5.74, 6) is 1.10. The topological polar surface area (TPSA) is 76.8 Å². The maximum atomic E-state index is 10.9. The summed E-state index contributed by atoms with van der Waals surface area (Å²) in [7, 11) is 1.61. The molecule has 2 aromatic carbocycles. The summed E-state index contributed by atoms with van der Waals surface area (Å²) in [4.78, 5) is 12.2. The molecule has 0 aliphatic carbocycles. The van der Waals surface area contributed by atoms with Gasteiger partial charge in [0.1, 0.15) is 17.5 Å². The molecule has 0 spiro atoms. The van der Waals surface area contributed by atoms with E-state index in [0.717, 1.165) is 16.9 Å². The second kappa shape index (κ2) is 7.44. The Morgan fingerprint density at radius 1 is 1.18 bits per heavy atom. The van der Waals surface area contributed by atoms with Crippen molar-refractivity contribution in [1.29, 1.82) is 0 Å². The monoisotopic (exact) mass is 399 g/mol. The van der Waals surface area contributed by atoms with Gasteiger partial charge in [-0.2, -0.15) is 0 Å². The summed E-state index contributed by atoms with van der Waals surface area (Å²) in [6.45, 7) is 0.653. The Morgan fingerprint density at radius 3 is 2.57 bits per heavy atom. The molecular formula is C20H18ClN3O4. The molecule has 8 heteroatoms. The molecule has 1 aliphatic heterocycles. The smallest absolute Gasteiger partial charge is 0.407 e. The van der Waals surface area contributed by atoms with Gasteiger partial charge in [0.05, 0.1) is 25.9 Å². The summed E-state index contributed by atoms with van der Waals surface area (Å²) < 4.78 is 13.1. The van der Waals surface area contributed by atoms with Crippen LogP contribution in [-0.4, -0.2) is 52.2 Å². The van der Waals surface area contributed by atoms with E-state index in [1.54, 1.807) is 11.8 Å². The van der Waals surface area contributed by atoms with Gasteiger partial charge in [-0.3, -0.25) is 0 Å². The van der Waals surface area contributed by atoms with Crippen molar-refractivity contribution < 1.29 is 19.4 Å². The number of benzene rings is 2. The number of amides is 1. The van der Waals surface area contributed by atoms with Gasteiger partial charge in [0, 0.05) is 16.7 Å². The minimum absolute atomic E-state index is 0.213. The van der Waals surface area contributed by atoms with E-state index in [-0.39, 0.29) is 6.10 Å². The Balaban J connectivity index is 1.70. The van der Waals surface area contributed by atoms with Gasteiger partial charge in [-0.05, 0) is 24.3 Å². The first kappa shape index (κ1) is 18.2. The molecule has 0 bridgehead atoms. The Morgan fingerprint density at radius 2 is 1.89 bits per heavy atom. The second-order valence-electron chi connectivity index (χ2n) is 6.39. The lowest BCUT2D eigenvalue weighted by molar-refractivity contribution is 0.0226.